The maximum atomic E-state index is 11.5. The highest BCUT2D eigenvalue weighted by Gasteiger charge is 2.21. The number of nitrogens with one attached hydrogen (secondary N) is 1. The van der Waals surface area contributed by atoms with Gasteiger partial charge in [-0.25, -0.2) is 18.0 Å². The van der Waals surface area contributed by atoms with Crippen molar-refractivity contribution < 1.29 is 27.9 Å². The van der Waals surface area contributed by atoms with E-state index in [4.69, 9.17) is 9.84 Å². The van der Waals surface area contributed by atoms with Gasteiger partial charge >= 0.3 is 11.9 Å². The zero-order chi connectivity index (χ0) is 17.5. The molecule has 128 valence electrons. The number of carbonyl (C=O) groups excluding carboxylic acids is 1. The minimum atomic E-state index is -3.27. The number of hydrogen-bond acceptors (Lipinski definition) is 8. The van der Waals surface area contributed by atoms with E-state index in [0.717, 1.165) is 0 Å². The van der Waals surface area contributed by atoms with Crippen molar-refractivity contribution >= 4 is 27.6 Å². The molecule has 0 bridgehead atoms. The fourth-order valence-corrected chi connectivity index (χ4v) is 2.48. The number of carbonyl (C=O) groups is 2. The van der Waals surface area contributed by atoms with Crippen LogP contribution in [0.2, 0.25) is 0 Å². The number of sulfone groups is 1. The summed E-state index contributed by atoms with van der Waals surface area (Å²) in [6.07, 6.45) is -0.104. The van der Waals surface area contributed by atoms with Gasteiger partial charge in [-0.3, -0.25) is 0 Å². The fraction of sp³-hybridized carbons (Fsp3) is 0.538. The van der Waals surface area contributed by atoms with Crippen LogP contribution >= 0.6 is 0 Å². The highest BCUT2D eigenvalue weighted by atomic mass is 32.2. The lowest BCUT2D eigenvalue weighted by Gasteiger charge is -2.14. The molecule has 0 saturated carbocycles. The van der Waals surface area contributed by atoms with Gasteiger partial charge in [0.1, 0.15) is 21.7 Å². The molecule has 9 nitrogen and oxygen atoms in total. The second-order valence-electron chi connectivity index (χ2n) is 4.58. The number of rotatable bonds is 9. The fourth-order valence-electron chi connectivity index (χ4n) is 1.60. The van der Waals surface area contributed by atoms with E-state index in [9.17, 15) is 18.0 Å². The predicted molar refractivity (Wildman–Crippen MR) is 82.0 cm³/mol. The van der Waals surface area contributed by atoms with Crippen molar-refractivity contribution in [3.63, 3.8) is 0 Å². The molecule has 1 aromatic heterocycles. The zero-order valence-electron chi connectivity index (χ0n) is 12.9. The number of nitrogens with zero attached hydrogens (tertiary/aromatic N) is 2. The molecular formula is C13H19N3O6S. The first-order valence-corrected chi connectivity index (χ1v) is 8.81. The Hall–Kier alpha value is -2.23. The third kappa shape index (κ3) is 6.19. The minimum Gasteiger partial charge on any atom is -0.480 e. The van der Waals surface area contributed by atoms with E-state index in [1.807, 2.05) is 0 Å². The maximum Gasteiger partial charge on any atom is 0.358 e. The van der Waals surface area contributed by atoms with Crippen LogP contribution in [-0.2, 0) is 19.4 Å². The van der Waals surface area contributed by atoms with Crippen LogP contribution in [0.1, 0.15) is 30.8 Å². The Balaban J connectivity index is 2.73. The summed E-state index contributed by atoms with van der Waals surface area (Å²) >= 11 is 0. The number of esters is 1. The van der Waals surface area contributed by atoms with Gasteiger partial charge in [0.15, 0.2) is 5.69 Å². The van der Waals surface area contributed by atoms with Gasteiger partial charge < -0.3 is 15.2 Å². The van der Waals surface area contributed by atoms with Gasteiger partial charge in [-0.05, 0) is 25.5 Å². The van der Waals surface area contributed by atoms with Crippen LogP contribution < -0.4 is 5.32 Å². The Morgan fingerprint density at radius 1 is 1.30 bits per heavy atom. The summed E-state index contributed by atoms with van der Waals surface area (Å²) in [6, 6.07) is 1.59. The SMILES string of the molecule is CCOC(=O)c1ccc(NC(CCS(=O)(=O)CC)C(=O)O)nn1. The molecule has 1 rings (SSSR count). The van der Waals surface area contributed by atoms with Crippen molar-refractivity contribution in [3.05, 3.63) is 17.8 Å². The molecule has 10 heteroatoms. The molecule has 0 radical (unpaired) electrons. The average molecular weight is 345 g/mol. The lowest BCUT2D eigenvalue weighted by Crippen LogP contribution is -2.32. The van der Waals surface area contributed by atoms with Gasteiger partial charge in [-0.15, -0.1) is 10.2 Å². The van der Waals surface area contributed by atoms with E-state index in [1.54, 1.807) is 6.92 Å². The molecule has 23 heavy (non-hydrogen) atoms. The van der Waals surface area contributed by atoms with E-state index in [-0.39, 0.29) is 36.0 Å². The predicted octanol–water partition coefficient (Wildman–Crippen LogP) is 0.343. The number of carboxylic acids is 1. The number of ether oxygens (including phenoxy) is 1. The first-order valence-electron chi connectivity index (χ1n) is 6.99. The number of carboxylic acid groups (broad SMARTS) is 1. The van der Waals surface area contributed by atoms with Crippen LogP contribution in [-0.4, -0.2) is 59.8 Å². The normalized spacial score (nSPS) is 12.4. The Morgan fingerprint density at radius 2 is 2.00 bits per heavy atom. The second kappa shape index (κ2) is 8.42. The van der Waals surface area contributed by atoms with Crippen LogP contribution in [0.5, 0.6) is 0 Å². The molecule has 0 aliphatic heterocycles. The first kappa shape index (κ1) is 18.8. The van der Waals surface area contributed by atoms with Crippen molar-refractivity contribution in [1.29, 1.82) is 0 Å². The Bertz CT molecular complexity index is 644. The molecular weight excluding hydrogens is 326 g/mol. The average Bonchev–Trinajstić information content (AvgIpc) is 2.52. The molecule has 1 heterocycles. The van der Waals surface area contributed by atoms with Gasteiger partial charge in [0.25, 0.3) is 0 Å². The number of hydrogen-bond donors (Lipinski definition) is 2. The molecule has 0 fully saturated rings. The van der Waals surface area contributed by atoms with E-state index in [1.165, 1.54) is 19.1 Å². The van der Waals surface area contributed by atoms with Crippen molar-refractivity contribution in [2.45, 2.75) is 26.3 Å². The van der Waals surface area contributed by atoms with Gasteiger partial charge in [0, 0.05) is 5.75 Å². The van der Waals surface area contributed by atoms with Gasteiger partial charge in [-0.2, -0.15) is 0 Å². The molecule has 1 atom stereocenters. The van der Waals surface area contributed by atoms with E-state index in [2.05, 4.69) is 15.5 Å². The topological polar surface area (TPSA) is 136 Å². The molecule has 0 spiro atoms. The van der Waals surface area contributed by atoms with Gasteiger partial charge in [0.05, 0.1) is 12.4 Å². The van der Waals surface area contributed by atoms with Crippen molar-refractivity contribution in [2.75, 3.05) is 23.4 Å². The highest BCUT2D eigenvalue weighted by molar-refractivity contribution is 7.91. The summed E-state index contributed by atoms with van der Waals surface area (Å²) < 4.78 is 27.7. The second-order valence-corrected chi connectivity index (χ2v) is 7.06. The third-order valence-electron chi connectivity index (χ3n) is 2.93. The first-order chi connectivity index (χ1) is 10.8. The summed E-state index contributed by atoms with van der Waals surface area (Å²) in [5, 5.41) is 19.1. The molecule has 0 aromatic carbocycles. The summed E-state index contributed by atoms with van der Waals surface area (Å²) in [4.78, 5) is 22.6. The molecule has 0 aliphatic rings. The summed E-state index contributed by atoms with van der Waals surface area (Å²) in [7, 11) is -3.27. The molecule has 0 aliphatic carbocycles. The molecule has 2 N–H and O–H groups in total. The quantitative estimate of drug-likeness (QED) is 0.607. The smallest absolute Gasteiger partial charge is 0.358 e. The minimum absolute atomic E-state index is 0.00200. The van der Waals surface area contributed by atoms with Crippen LogP contribution in [0.3, 0.4) is 0 Å². The lowest BCUT2D eigenvalue weighted by molar-refractivity contribution is -0.137. The summed E-state index contributed by atoms with van der Waals surface area (Å²) in [6.45, 7) is 3.36. The van der Waals surface area contributed by atoms with Gasteiger partial charge in [-0.1, -0.05) is 6.92 Å². The van der Waals surface area contributed by atoms with Crippen molar-refractivity contribution in [2.24, 2.45) is 0 Å². The monoisotopic (exact) mass is 345 g/mol. The lowest BCUT2D eigenvalue weighted by atomic mass is 10.2. The Kier molecular flexibility index (Phi) is 6.89. The van der Waals surface area contributed by atoms with Crippen molar-refractivity contribution in [3.8, 4) is 0 Å². The summed E-state index contributed by atoms with van der Waals surface area (Å²) in [5.41, 5.74) is -0.00200. The van der Waals surface area contributed by atoms with Crippen LogP contribution in [0.25, 0.3) is 0 Å². The molecule has 0 saturated heterocycles. The highest BCUT2D eigenvalue weighted by Crippen LogP contribution is 2.09. The molecule has 1 aromatic rings. The Labute approximate surface area is 134 Å². The van der Waals surface area contributed by atoms with E-state index >= 15 is 0 Å². The zero-order valence-corrected chi connectivity index (χ0v) is 13.7. The standard InChI is InChI=1S/C13H19N3O6S/c1-3-22-13(19)10-5-6-11(16-15-10)14-9(12(17)18)7-8-23(20,21)4-2/h5-6,9H,3-4,7-8H2,1-2H3,(H,14,16)(H,17,18). The van der Waals surface area contributed by atoms with E-state index < -0.39 is 27.8 Å². The van der Waals surface area contributed by atoms with Crippen LogP contribution in [0.15, 0.2) is 12.1 Å². The van der Waals surface area contributed by atoms with Gasteiger partial charge in [0.2, 0.25) is 0 Å². The Morgan fingerprint density at radius 3 is 2.48 bits per heavy atom. The number of anilines is 1. The summed E-state index contributed by atoms with van der Waals surface area (Å²) in [5.74, 6) is -2.00. The van der Waals surface area contributed by atoms with Crippen molar-refractivity contribution in [1.82, 2.24) is 10.2 Å². The van der Waals surface area contributed by atoms with E-state index in [0.29, 0.717) is 0 Å². The third-order valence-corrected chi connectivity index (χ3v) is 4.66. The number of aromatic nitrogens is 2. The number of aliphatic carboxylic acids is 1. The molecule has 1 unspecified atom stereocenters. The largest absolute Gasteiger partial charge is 0.480 e. The van der Waals surface area contributed by atoms with Crippen LogP contribution in [0, 0.1) is 0 Å². The van der Waals surface area contributed by atoms with Crippen LogP contribution in [0.4, 0.5) is 5.82 Å². The molecule has 0 amide bonds. The maximum absolute atomic E-state index is 11.5.